The lowest BCUT2D eigenvalue weighted by molar-refractivity contribution is 0.244. The number of fused-ring (bicyclic) bond motifs is 1. The molecule has 1 saturated carbocycles. The van der Waals surface area contributed by atoms with Gasteiger partial charge < -0.3 is 15.1 Å². The van der Waals surface area contributed by atoms with Crippen molar-refractivity contribution >= 4 is 22.8 Å². The highest BCUT2D eigenvalue weighted by Crippen LogP contribution is 2.25. The minimum Gasteiger partial charge on any atom is -0.436 e. The molecule has 5 nitrogen and oxygen atoms in total. The first-order chi connectivity index (χ1) is 12.3. The summed E-state index contributed by atoms with van der Waals surface area (Å²) in [4.78, 5) is 16.6. The van der Waals surface area contributed by atoms with E-state index in [4.69, 9.17) is 4.42 Å². The van der Waals surface area contributed by atoms with Crippen LogP contribution in [0.2, 0.25) is 0 Å². The number of oxazole rings is 1. The van der Waals surface area contributed by atoms with Crippen LogP contribution in [-0.4, -0.2) is 17.1 Å². The molecule has 2 N–H and O–H groups in total. The number of nitrogens with zero attached hydrogens (tertiary/aromatic N) is 1. The second-order valence-electron chi connectivity index (χ2n) is 6.50. The van der Waals surface area contributed by atoms with Crippen LogP contribution < -0.4 is 10.6 Å². The van der Waals surface area contributed by atoms with Gasteiger partial charge in [0.15, 0.2) is 5.58 Å². The van der Waals surface area contributed by atoms with Crippen LogP contribution in [0.25, 0.3) is 22.6 Å². The van der Waals surface area contributed by atoms with Gasteiger partial charge in [0.2, 0.25) is 5.89 Å². The lowest BCUT2D eigenvalue weighted by Gasteiger charge is -2.22. The monoisotopic (exact) mass is 335 g/mol. The van der Waals surface area contributed by atoms with E-state index in [1.54, 1.807) is 0 Å². The Labute approximate surface area is 146 Å². The topological polar surface area (TPSA) is 67.2 Å². The molecule has 2 aromatic carbocycles. The first-order valence-corrected chi connectivity index (χ1v) is 8.81. The summed E-state index contributed by atoms with van der Waals surface area (Å²) in [5, 5.41) is 5.94. The third-order valence-corrected chi connectivity index (χ3v) is 4.62. The number of amides is 2. The van der Waals surface area contributed by atoms with E-state index in [1.807, 2.05) is 48.5 Å². The van der Waals surface area contributed by atoms with Crippen LogP contribution in [0.3, 0.4) is 0 Å². The molecule has 128 valence electrons. The zero-order valence-corrected chi connectivity index (χ0v) is 14.0. The average molecular weight is 335 g/mol. The van der Waals surface area contributed by atoms with Gasteiger partial charge in [0.05, 0.1) is 0 Å². The van der Waals surface area contributed by atoms with Gasteiger partial charge in [0.25, 0.3) is 0 Å². The lowest BCUT2D eigenvalue weighted by atomic mass is 9.96. The fraction of sp³-hybridized carbons (Fsp3) is 0.300. The number of aromatic nitrogens is 1. The summed E-state index contributed by atoms with van der Waals surface area (Å²) in [7, 11) is 0. The molecule has 2 amide bonds. The Balaban J connectivity index is 1.41. The maximum atomic E-state index is 12.1. The van der Waals surface area contributed by atoms with Crippen LogP contribution in [0.5, 0.6) is 0 Å². The van der Waals surface area contributed by atoms with E-state index in [0.717, 1.165) is 35.2 Å². The molecule has 0 aliphatic heterocycles. The van der Waals surface area contributed by atoms with Crippen molar-refractivity contribution in [2.45, 2.75) is 38.1 Å². The number of para-hydroxylation sites is 2. The van der Waals surface area contributed by atoms with Crippen molar-refractivity contribution in [3.8, 4) is 11.5 Å². The Bertz CT molecular complexity index is 831. The number of hydrogen-bond acceptors (Lipinski definition) is 3. The molecule has 4 rings (SSSR count). The molecule has 0 unspecified atom stereocenters. The van der Waals surface area contributed by atoms with E-state index in [-0.39, 0.29) is 6.03 Å². The number of nitrogens with one attached hydrogen (secondary N) is 2. The van der Waals surface area contributed by atoms with E-state index in [1.165, 1.54) is 19.3 Å². The summed E-state index contributed by atoms with van der Waals surface area (Å²) < 4.78 is 5.76. The Hall–Kier alpha value is -2.82. The predicted octanol–water partition coefficient (Wildman–Crippen LogP) is 4.95. The summed E-state index contributed by atoms with van der Waals surface area (Å²) in [6.07, 6.45) is 5.82. The summed E-state index contributed by atoms with van der Waals surface area (Å²) in [6.45, 7) is 0. The smallest absolute Gasteiger partial charge is 0.319 e. The van der Waals surface area contributed by atoms with Crippen molar-refractivity contribution in [3.05, 3.63) is 48.5 Å². The number of carbonyl (C=O) groups is 1. The van der Waals surface area contributed by atoms with Gasteiger partial charge in [-0.25, -0.2) is 9.78 Å². The number of benzene rings is 2. The number of carbonyl (C=O) groups excluding carboxylic acids is 1. The van der Waals surface area contributed by atoms with E-state index >= 15 is 0 Å². The fourth-order valence-corrected chi connectivity index (χ4v) is 3.29. The minimum atomic E-state index is -0.137. The zero-order chi connectivity index (χ0) is 17.1. The molecule has 0 spiro atoms. The number of hydrogen-bond donors (Lipinski definition) is 2. The molecule has 1 fully saturated rings. The third kappa shape index (κ3) is 3.65. The lowest BCUT2D eigenvalue weighted by Crippen LogP contribution is -2.38. The normalized spacial score (nSPS) is 15.2. The summed E-state index contributed by atoms with van der Waals surface area (Å²) in [5.41, 5.74) is 3.25. The molecule has 25 heavy (non-hydrogen) atoms. The Morgan fingerprint density at radius 1 is 1.00 bits per heavy atom. The van der Waals surface area contributed by atoms with Crippen LogP contribution in [0.1, 0.15) is 32.1 Å². The summed E-state index contributed by atoms with van der Waals surface area (Å²) in [6, 6.07) is 15.4. The van der Waals surface area contributed by atoms with Crippen molar-refractivity contribution in [1.82, 2.24) is 10.3 Å². The highest BCUT2D eigenvalue weighted by molar-refractivity contribution is 5.89. The molecule has 0 bridgehead atoms. The Morgan fingerprint density at radius 2 is 1.76 bits per heavy atom. The van der Waals surface area contributed by atoms with Crippen LogP contribution in [-0.2, 0) is 0 Å². The number of urea groups is 1. The Morgan fingerprint density at radius 3 is 2.52 bits per heavy atom. The molecular weight excluding hydrogens is 314 g/mol. The number of anilines is 1. The van der Waals surface area contributed by atoms with Gasteiger partial charge in [-0.15, -0.1) is 0 Å². The highest BCUT2D eigenvalue weighted by Gasteiger charge is 2.15. The largest absolute Gasteiger partial charge is 0.436 e. The van der Waals surface area contributed by atoms with Crippen molar-refractivity contribution < 1.29 is 9.21 Å². The molecule has 0 atom stereocenters. The van der Waals surface area contributed by atoms with Crippen molar-refractivity contribution in [3.63, 3.8) is 0 Å². The average Bonchev–Trinajstić information content (AvgIpc) is 3.07. The summed E-state index contributed by atoms with van der Waals surface area (Å²) in [5.74, 6) is 0.583. The summed E-state index contributed by atoms with van der Waals surface area (Å²) >= 11 is 0. The van der Waals surface area contributed by atoms with Crippen molar-refractivity contribution in [2.75, 3.05) is 5.32 Å². The van der Waals surface area contributed by atoms with Crippen molar-refractivity contribution in [1.29, 1.82) is 0 Å². The zero-order valence-electron chi connectivity index (χ0n) is 14.0. The molecule has 5 heteroatoms. The van der Waals surface area contributed by atoms with Gasteiger partial charge in [-0.2, -0.15) is 0 Å². The predicted molar refractivity (Wildman–Crippen MR) is 98.5 cm³/mol. The fourth-order valence-electron chi connectivity index (χ4n) is 3.29. The number of rotatable bonds is 3. The van der Waals surface area contributed by atoms with Crippen LogP contribution in [0, 0.1) is 0 Å². The van der Waals surface area contributed by atoms with Crippen LogP contribution in [0.4, 0.5) is 10.5 Å². The molecule has 1 aliphatic carbocycles. The van der Waals surface area contributed by atoms with Crippen LogP contribution >= 0.6 is 0 Å². The first kappa shape index (κ1) is 15.7. The van der Waals surface area contributed by atoms with Gasteiger partial charge in [0, 0.05) is 17.3 Å². The minimum absolute atomic E-state index is 0.137. The molecule has 0 radical (unpaired) electrons. The highest BCUT2D eigenvalue weighted by atomic mass is 16.3. The first-order valence-electron chi connectivity index (χ1n) is 8.81. The second kappa shape index (κ2) is 6.97. The van der Waals surface area contributed by atoms with Gasteiger partial charge in [-0.05, 0) is 49.2 Å². The van der Waals surface area contributed by atoms with E-state index < -0.39 is 0 Å². The molecule has 1 aliphatic rings. The third-order valence-electron chi connectivity index (χ3n) is 4.62. The maximum absolute atomic E-state index is 12.1. The van der Waals surface area contributed by atoms with Crippen LogP contribution in [0.15, 0.2) is 52.9 Å². The Kier molecular flexibility index (Phi) is 4.37. The van der Waals surface area contributed by atoms with Crippen molar-refractivity contribution in [2.24, 2.45) is 0 Å². The quantitative estimate of drug-likeness (QED) is 0.711. The molecular formula is C20H21N3O2. The van der Waals surface area contributed by atoms with E-state index in [2.05, 4.69) is 15.6 Å². The maximum Gasteiger partial charge on any atom is 0.319 e. The standard InChI is InChI=1S/C20H21N3O2/c24-20(21-15-6-2-1-3-7-15)22-16-12-10-14(11-13-16)19-23-17-8-4-5-9-18(17)25-19/h4-5,8-13,15H,1-3,6-7H2,(H2,21,22,24). The van der Waals surface area contributed by atoms with E-state index in [9.17, 15) is 4.79 Å². The molecule has 1 aromatic heterocycles. The van der Waals surface area contributed by atoms with Gasteiger partial charge in [-0.1, -0.05) is 31.4 Å². The molecule has 3 aromatic rings. The SMILES string of the molecule is O=C(Nc1ccc(-c2nc3ccccc3o2)cc1)NC1CCCCC1. The van der Waals surface area contributed by atoms with Gasteiger partial charge in [0.1, 0.15) is 5.52 Å². The molecule has 0 saturated heterocycles. The van der Waals surface area contributed by atoms with Gasteiger partial charge in [-0.3, -0.25) is 0 Å². The molecule has 1 heterocycles. The van der Waals surface area contributed by atoms with Gasteiger partial charge >= 0.3 is 6.03 Å². The van der Waals surface area contributed by atoms with E-state index in [0.29, 0.717) is 11.9 Å². The second-order valence-corrected chi connectivity index (χ2v) is 6.50.